The summed E-state index contributed by atoms with van der Waals surface area (Å²) in [5.74, 6) is 0.104. The first-order chi connectivity index (χ1) is 13.0. The zero-order valence-electron chi connectivity index (χ0n) is 16.2. The van der Waals surface area contributed by atoms with Crippen LogP contribution in [0.4, 0.5) is 5.69 Å². The maximum atomic E-state index is 11.9. The highest BCUT2D eigenvalue weighted by Crippen LogP contribution is 2.20. The minimum atomic E-state index is -0.586. The van der Waals surface area contributed by atoms with Gasteiger partial charge in [-0.1, -0.05) is 45.0 Å². The lowest BCUT2D eigenvalue weighted by Gasteiger charge is -2.11. The van der Waals surface area contributed by atoms with Gasteiger partial charge in [0, 0.05) is 5.69 Å². The minimum Gasteiger partial charge on any atom is -0.482 e. The van der Waals surface area contributed by atoms with E-state index in [1.54, 1.807) is 0 Å². The molecule has 0 aromatic heterocycles. The summed E-state index contributed by atoms with van der Waals surface area (Å²) in [6, 6.07) is 15.2. The molecule has 2 aromatic rings. The summed E-state index contributed by atoms with van der Waals surface area (Å²) in [7, 11) is 0. The van der Waals surface area contributed by atoms with E-state index < -0.39 is 5.97 Å². The van der Waals surface area contributed by atoms with Crippen LogP contribution in [0.2, 0.25) is 0 Å². The molecule has 1 N–H and O–H groups in total. The number of nitrogens with one attached hydrogen (secondary N) is 1. The standard InChI is InChI=1S/C22H27NO4/c1-4-16(3)18-8-10-19(11-9-18)23-21(24)14-27-22(25)15-26-20-12-6-17(5-2)7-13-20/h6-13,16H,4-5,14-15H2,1-3H3,(H,23,24). The Morgan fingerprint density at radius 2 is 1.63 bits per heavy atom. The number of amides is 1. The van der Waals surface area contributed by atoms with Gasteiger partial charge in [0.15, 0.2) is 13.2 Å². The summed E-state index contributed by atoms with van der Waals surface area (Å²) >= 11 is 0. The van der Waals surface area contributed by atoms with E-state index in [1.165, 1.54) is 11.1 Å². The van der Waals surface area contributed by atoms with E-state index in [1.807, 2.05) is 48.5 Å². The van der Waals surface area contributed by atoms with Crippen molar-refractivity contribution >= 4 is 17.6 Å². The first-order valence-electron chi connectivity index (χ1n) is 9.29. The van der Waals surface area contributed by atoms with Crippen molar-refractivity contribution in [3.63, 3.8) is 0 Å². The number of aryl methyl sites for hydroxylation is 1. The lowest BCUT2D eigenvalue weighted by molar-refractivity contribution is -0.149. The molecule has 2 aromatic carbocycles. The van der Waals surface area contributed by atoms with E-state index in [0.29, 0.717) is 17.4 Å². The van der Waals surface area contributed by atoms with Crippen LogP contribution >= 0.6 is 0 Å². The molecule has 0 spiro atoms. The third-order valence-electron chi connectivity index (χ3n) is 4.43. The Morgan fingerprint density at radius 3 is 2.22 bits per heavy atom. The van der Waals surface area contributed by atoms with Gasteiger partial charge >= 0.3 is 5.97 Å². The quantitative estimate of drug-likeness (QED) is 0.669. The molecule has 0 saturated heterocycles. The molecule has 0 heterocycles. The molecule has 0 radical (unpaired) electrons. The molecule has 27 heavy (non-hydrogen) atoms. The molecule has 0 aliphatic rings. The fourth-order valence-electron chi connectivity index (χ4n) is 2.48. The molecule has 5 nitrogen and oxygen atoms in total. The van der Waals surface area contributed by atoms with Gasteiger partial charge in [-0.25, -0.2) is 4.79 Å². The van der Waals surface area contributed by atoms with Crippen LogP contribution in [0.5, 0.6) is 5.75 Å². The summed E-state index contributed by atoms with van der Waals surface area (Å²) < 4.78 is 10.3. The second-order valence-corrected chi connectivity index (χ2v) is 6.43. The number of benzene rings is 2. The molecule has 1 unspecified atom stereocenters. The average Bonchev–Trinajstić information content (AvgIpc) is 2.71. The fourth-order valence-corrected chi connectivity index (χ4v) is 2.48. The average molecular weight is 369 g/mol. The second-order valence-electron chi connectivity index (χ2n) is 6.43. The van der Waals surface area contributed by atoms with Crippen LogP contribution in [0, 0.1) is 0 Å². The summed E-state index contributed by atoms with van der Waals surface area (Å²) in [6.07, 6.45) is 2.00. The normalized spacial score (nSPS) is 11.5. The molecular weight excluding hydrogens is 342 g/mol. The van der Waals surface area contributed by atoms with Gasteiger partial charge in [0.05, 0.1) is 0 Å². The number of ether oxygens (including phenoxy) is 2. The topological polar surface area (TPSA) is 64.6 Å². The smallest absolute Gasteiger partial charge is 0.344 e. The van der Waals surface area contributed by atoms with Crippen molar-refractivity contribution in [1.82, 2.24) is 0 Å². The highest BCUT2D eigenvalue weighted by atomic mass is 16.6. The van der Waals surface area contributed by atoms with E-state index >= 15 is 0 Å². The largest absolute Gasteiger partial charge is 0.482 e. The highest BCUT2D eigenvalue weighted by molar-refractivity contribution is 5.92. The summed E-state index contributed by atoms with van der Waals surface area (Å²) in [5.41, 5.74) is 3.10. The Bertz CT molecular complexity index is 738. The first-order valence-corrected chi connectivity index (χ1v) is 9.29. The molecule has 0 aliphatic heterocycles. The van der Waals surface area contributed by atoms with Crippen LogP contribution in [-0.2, 0) is 20.7 Å². The monoisotopic (exact) mass is 369 g/mol. The van der Waals surface area contributed by atoms with Gasteiger partial charge in [-0.3, -0.25) is 4.79 Å². The third-order valence-corrected chi connectivity index (χ3v) is 4.43. The van der Waals surface area contributed by atoms with E-state index in [4.69, 9.17) is 9.47 Å². The zero-order chi connectivity index (χ0) is 19.6. The van der Waals surface area contributed by atoms with Crippen LogP contribution in [0.25, 0.3) is 0 Å². The Kier molecular flexibility index (Phi) is 7.86. The summed E-state index contributed by atoms with van der Waals surface area (Å²) in [6.45, 7) is 5.79. The van der Waals surface area contributed by atoms with E-state index in [2.05, 4.69) is 26.1 Å². The van der Waals surface area contributed by atoms with Gasteiger partial charge in [-0.2, -0.15) is 0 Å². The number of rotatable bonds is 9. The van der Waals surface area contributed by atoms with Gasteiger partial charge in [-0.05, 0) is 54.2 Å². The van der Waals surface area contributed by atoms with Gasteiger partial charge in [0.2, 0.25) is 0 Å². The van der Waals surface area contributed by atoms with Crippen LogP contribution in [0.3, 0.4) is 0 Å². The van der Waals surface area contributed by atoms with Gasteiger partial charge in [0.1, 0.15) is 5.75 Å². The Labute approximate surface area is 160 Å². The zero-order valence-corrected chi connectivity index (χ0v) is 16.2. The molecule has 1 atom stereocenters. The Morgan fingerprint density at radius 1 is 0.963 bits per heavy atom. The molecule has 5 heteroatoms. The van der Waals surface area contributed by atoms with Crippen molar-refractivity contribution in [2.75, 3.05) is 18.5 Å². The van der Waals surface area contributed by atoms with Crippen LogP contribution in [-0.4, -0.2) is 25.1 Å². The van der Waals surface area contributed by atoms with Gasteiger partial charge < -0.3 is 14.8 Å². The lowest BCUT2D eigenvalue weighted by Crippen LogP contribution is -2.23. The van der Waals surface area contributed by atoms with Crippen molar-refractivity contribution in [3.05, 3.63) is 59.7 Å². The number of carbonyl (C=O) groups excluding carboxylic acids is 2. The molecule has 0 fully saturated rings. The van der Waals surface area contributed by atoms with Crippen LogP contribution in [0.1, 0.15) is 44.2 Å². The fraction of sp³-hybridized carbons (Fsp3) is 0.364. The third kappa shape index (κ3) is 6.77. The molecule has 0 saturated carbocycles. The molecule has 144 valence electrons. The molecule has 0 bridgehead atoms. The molecule has 0 aliphatic carbocycles. The van der Waals surface area contributed by atoms with Crippen molar-refractivity contribution in [2.45, 2.75) is 39.5 Å². The molecule has 1 amide bonds. The summed E-state index contributed by atoms with van der Waals surface area (Å²) in [4.78, 5) is 23.6. The highest BCUT2D eigenvalue weighted by Gasteiger charge is 2.09. The molecule has 2 rings (SSSR count). The lowest BCUT2D eigenvalue weighted by atomic mass is 9.99. The van der Waals surface area contributed by atoms with Crippen molar-refractivity contribution in [1.29, 1.82) is 0 Å². The first kappa shape index (κ1) is 20.5. The Hall–Kier alpha value is -2.82. The van der Waals surface area contributed by atoms with Crippen molar-refractivity contribution in [2.24, 2.45) is 0 Å². The number of hydrogen-bond donors (Lipinski definition) is 1. The Balaban J connectivity index is 1.71. The predicted octanol–water partition coefficient (Wildman–Crippen LogP) is 4.32. The maximum absolute atomic E-state index is 11.9. The van der Waals surface area contributed by atoms with E-state index in [0.717, 1.165) is 12.8 Å². The number of carbonyl (C=O) groups is 2. The molecular formula is C22H27NO4. The predicted molar refractivity (Wildman–Crippen MR) is 106 cm³/mol. The number of anilines is 1. The van der Waals surface area contributed by atoms with Crippen molar-refractivity contribution in [3.8, 4) is 5.75 Å². The van der Waals surface area contributed by atoms with Crippen LogP contribution < -0.4 is 10.1 Å². The van der Waals surface area contributed by atoms with E-state index in [9.17, 15) is 9.59 Å². The number of esters is 1. The summed E-state index contributed by atoms with van der Waals surface area (Å²) in [5, 5.41) is 2.71. The van der Waals surface area contributed by atoms with Crippen molar-refractivity contribution < 1.29 is 19.1 Å². The second kappa shape index (κ2) is 10.4. The number of hydrogen-bond acceptors (Lipinski definition) is 4. The minimum absolute atomic E-state index is 0.234. The van der Waals surface area contributed by atoms with Gasteiger partial charge in [-0.15, -0.1) is 0 Å². The SMILES string of the molecule is CCc1ccc(OCC(=O)OCC(=O)Nc2ccc(C(C)CC)cc2)cc1. The van der Waals surface area contributed by atoms with Crippen LogP contribution in [0.15, 0.2) is 48.5 Å². The van der Waals surface area contributed by atoms with Gasteiger partial charge in [0.25, 0.3) is 5.91 Å². The maximum Gasteiger partial charge on any atom is 0.344 e. The van der Waals surface area contributed by atoms with E-state index in [-0.39, 0.29) is 19.1 Å².